The molecule has 0 bridgehead atoms. The molecular weight excluding hydrogens is 232 g/mol. The van der Waals surface area contributed by atoms with Gasteiger partial charge in [0.15, 0.2) is 5.82 Å². The van der Waals surface area contributed by atoms with Gasteiger partial charge >= 0.3 is 0 Å². The van der Waals surface area contributed by atoms with Gasteiger partial charge in [0.05, 0.1) is 5.52 Å². The molecule has 2 aromatic heterocycles. The van der Waals surface area contributed by atoms with Gasteiger partial charge in [-0.2, -0.15) is 9.36 Å². The van der Waals surface area contributed by atoms with Crippen LogP contribution in [-0.4, -0.2) is 21.4 Å². The van der Waals surface area contributed by atoms with Gasteiger partial charge in [-0.15, -0.1) is 0 Å². The molecule has 0 unspecified atom stereocenters. The van der Waals surface area contributed by atoms with Crippen LogP contribution in [0, 0.1) is 0 Å². The normalized spacial score (nSPS) is 10.6. The lowest BCUT2D eigenvalue weighted by Gasteiger charge is -1.98. The minimum absolute atomic E-state index is 0.755. The third-order valence-electron chi connectivity index (χ3n) is 2.50. The van der Waals surface area contributed by atoms with E-state index in [1.165, 1.54) is 11.5 Å². The van der Waals surface area contributed by atoms with E-state index in [0.29, 0.717) is 0 Å². The Hall–Kier alpha value is -2.01. The molecule has 0 radical (unpaired) electrons. The van der Waals surface area contributed by atoms with Gasteiger partial charge in [0, 0.05) is 35.7 Å². The average Bonchev–Trinajstić information content (AvgIpc) is 2.87. The molecule has 5 heteroatoms. The van der Waals surface area contributed by atoms with Crippen molar-refractivity contribution < 1.29 is 0 Å². The average molecular weight is 242 g/mol. The highest BCUT2D eigenvalue weighted by molar-refractivity contribution is 7.09. The Bertz CT molecular complexity index is 662. The molecule has 0 aliphatic rings. The monoisotopic (exact) mass is 242 g/mol. The summed E-state index contributed by atoms with van der Waals surface area (Å²) in [5.41, 5.74) is 2.00. The molecule has 84 valence electrons. The van der Waals surface area contributed by atoms with Crippen molar-refractivity contribution in [3.63, 3.8) is 0 Å². The molecule has 0 saturated heterocycles. The highest BCUT2D eigenvalue weighted by atomic mass is 32.1. The maximum absolute atomic E-state index is 4.38. The fraction of sp³-hybridized carbons (Fsp3) is 0.0833. The summed E-state index contributed by atoms with van der Waals surface area (Å²) in [6.07, 6.45) is 1.79. The van der Waals surface area contributed by atoms with Crippen molar-refractivity contribution in [2.24, 2.45) is 0 Å². The smallest absolute Gasteiger partial charge is 0.202 e. The number of fused-ring (bicyclic) bond motifs is 1. The first-order valence-electron chi connectivity index (χ1n) is 5.23. The molecule has 3 aromatic rings. The van der Waals surface area contributed by atoms with Crippen LogP contribution in [0.4, 0.5) is 5.13 Å². The molecule has 0 atom stereocenters. The van der Waals surface area contributed by atoms with Crippen LogP contribution in [0.25, 0.3) is 22.3 Å². The van der Waals surface area contributed by atoms with Crippen LogP contribution in [0.5, 0.6) is 0 Å². The summed E-state index contributed by atoms with van der Waals surface area (Å²) in [5.74, 6) is 0.755. The van der Waals surface area contributed by atoms with Crippen molar-refractivity contribution in [1.82, 2.24) is 14.3 Å². The zero-order valence-corrected chi connectivity index (χ0v) is 10.0. The predicted octanol–water partition coefficient (Wildman–Crippen LogP) is 2.80. The van der Waals surface area contributed by atoms with E-state index < -0.39 is 0 Å². The first-order valence-corrected chi connectivity index (χ1v) is 6.01. The number of hydrogen-bond acceptors (Lipinski definition) is 5. The number of anilines is 1. The Morgan fingerprint density at radius 3 is 3.00 bits per heavy atom. The van der Waals surface area contributed by atoms with E-state index in [1.807, 2.05) is 31.3 Å². The molecule has 2 heterocycles. The first-order chi connectivity index (χ1) is 8.36. The lowest BCUT2D eigenvalue weighted by atomic mass is 10.1. The topological polar surface area (TPSA) is 50.7 Å². The summed E-state index contributed by atoms with van der Waals surface area (Å²) in [4.78, 5) is 8.67. The van der Waals surface area contributed by atoms with Gasteiger partial charge < -0.3 is 5.32 Å². The van der Waals surface area contributed by atoms with E-state index in [-0.39, 0.29) is 0 Å². The number of rotatable bonds is 2. The second-order valence-corrected chi connectivity index (χ2v) is 4.34. The Morgan fingerprint density at radius 1 is 1.24 bits per heavy atom. The fourth-order valence-corrected chi connectivity index (χ4v) is 2.19. The zero-order valence-electron chi connectivity index (χ0n) is 9.21. The van der Waals surface area contributed by atoms with E-state index in [9.17, 15) is 0 Å². The summed E-state index contributed by atoms with van der Waals surface area (Å²) in [6, 6.07) is 10.0. The number of benzene rings is 1. The van der Waals surface area contributed by atoms with Crippen molar-refractivity contribution in [1.29, 1.82) is 0 Å². The van der Waals surface area contributed by atoms with Crippen molar-refractivity contribution in [3.8, 4) is 11.4 Å². The Balaban J connectivity index is 2.11. The molecule has 0 aliphatic heterocycles. The predicted molar refractivity (Wildman–Crippen MR) is 70.2 cm³/mol. The molecular formula is C12H10N4S. The highest BCUT2D eigenvalue weighted by Gasteiger charge is 2.06. The standard InChI is InChI=1S/C12H10N4S/c1-13-12-15-11(16-17-12)9-4-5-10-8(7-9)3-2-6-14-10/h2-7H,1H3,(H,13,15,16). The SMILES string of the molecule is CNc1nc(-c2ccc3ncccc3c2)ns1. The third kappa shape index (κ3) is 1.85. The van der Waals surface area contributed by atoms with Gasteiger partial charge in [0.2, 0.25) is 5.13 Å². The van der Waals surface area contributed by atoms with Gasteiger partial charge in [-0.25, -0.2) is 0 Å². The molecule has 3 rings (SSSR count). The molecule has 1 aromatic carbocycles. The van der Waals surface area contributed by atoms with Gasteiger partial charge in [-0.1, -0.05) is 6.07 Å². The maximum atomic E-state index is 4.38. The second-order valence-electron chi connectivity index (χ2n) is 3.58. The van der Waals surface area contributed by atoms with E-state index >= 15 is 0 Å². The highest BCUT2D eigenvalue weighted by Crippen LogP contribution is 2.23. The summed E-state index contributed by atoms with van der Waals surface area (Å²) in [6.45, 7) is 0. The van der Waals surface area contributed by atoms with Gasteiger partial charge in [0.25, 0.3) is 0 Å². The Kier molecular flexibility index (Phi) is 2.45. The van der Waals surface area contributed by atoms with Crippen molar-refractivity contribution in [2.45, 2.75) is 0 Å². The van der Waals surface area contributed by atoms with E-state index in [0.717, 1.165) is 27.4 Å². The lowest BCUT2D eigenvalue weighted by Crippen LogP contribution is -1.86. The fourth-order valence-electron chi connectivity index (χ4n) is 1.66. The quantitative estimate of drug-likeness (QED) is 0.750. The second kappa shape index (κ2) is 4.10. The largest absolute Gasteiger partial charge is 0.363 e. The van der Waals surface area contributed by atoms with E-state index in [2.05, 4.69) is 25.7 Å². The number of hydrogen-bond donors (Lipinski definition) is 1. The van der Waals surface area contributed by atoms with Crippen LogP contribution in [-0.2, 0) is 0 Å². The van der Waals surface area contributed by atoms with Crippen molar-refractivity contribution >= 4 is 27.6 Å². The molecule has 17 heavy (non-hydrogen) atoms. The molecule has 0 saturated carbocycles. The minimum atomic E-state index is 0.755. The third-order valence-corrected chi connectivity index (χ3v) is 3.23. The summed E-state index contributed by atoms with van der Waals surface area (Å²) in [7, 11) is 1.84. The maximum Gasteiger partial charge on any atom is 0.202 e. The van der Waals surface area contributed by atoms with E-state index in [1.54, 1.807) is 6.20 Å². The van der Waals surface area contributed by atoms with Crippen molar-refractivity contribution in [3.05, 3.63) is 36.5 Å². The molecule has 0 amide bonds. The number of aromatic nitrogens is 3. The van der Waals surface area contributed by atoms with Crippen LogP contribution in [0.15, 0.2) is 36.5 Å². The summed E-state index contributed by atoms with van der Waals surface area (Å²) >= 11 is 1.36. The Labute approximate surface area is 103 Å². The number of nitrogens with one attached hydrogen (secondary N) is 1. The number of nitrogens with zero attached hydrogens (tertiary/aromatic N) is 3. The van der Waals surface area contributed by atoms with Crippen LogP contribution < -0.4 is 5.32 Å². The molecule has 0 aliphatic carbocycles. The minimum Gasteiger partial charge on any atom is -0.363 e. The van der Waals surface area contributed by atoms with Crippen LogP contribution in [0.2, 0.25) is 0 Å². The van der Waals surface area contributed by atoms with Crippen LogP contribution in [0.1, 0.15) is 0 Å². The molecule has 0 fully saturated rings. The zero-order chi connectivity index (χ0) is 11.7. The van der Waals surface area contributed by atoms with E-state index in [4.69, 9.17) is 0 Å². The Morgan fingerprint density at radius 2 is 2.18 bits per heavy atom. The molecule has 1 N–H and O–H groups in total. The van der Waals surface area contributed by atoms with Crippen LogP contribution >= 0.6 is 11.5 Å². The molecule has 0 spiro atoms. The van der Waals surface area contributed by atoms with Crippen molar-refractivity contribution in [2.75, 3.05) is 12.4 Å². The van der Waals surface area contributed by atoms with Crippen LogP contribution in [0.3, 0.4) is 0 Å². The number of pyridine rings is 1. The molecule has 4 nitrogen and oxygen atoms in total. The van der Waals surface area contributed by atoms with Gasteiger partial charge in [-0.3, -0.25) is 4.98 Å². The van der Waals surface area contributed by atoms with Gasteiger partial charge in [0.1, 0.15) is 0 Å². The van der Waals surface area contributed by atoms with Gasteiger partial charge in [-0.05, 0) is 24.3 Å². The summed E-state index contributed by atoms with van der Waals surface area (Å²) in [5, 5.41) is 4.91. The first kappa shape index (κ1) is 10.2. The summed E-state index contributed by atoms with van der Waals surface area (Å²) < 4.78 is 4.31. The lowest BCUT2D eigenvalue weighted by molar-refractivity contribution is 1.31.